The van der Waals surface area contributed by atoms with Gasteiger partial charge in [-0.05, 0) is 69.4 Å². The minimum atomic E-state index is -4.21. The Morgan fingerprint density at radius 3 is 2.13 bits per heavy atom. The SMILES string of the molecule is CC.CC1(C)OB(O)c2ccc(NC=O)cc21.CCNC(=O)C(N)CCC(=O)N(CCN)CCN.Cc1ccc(C(F)(F)F)cc1. The van der Waals surface area contributed by atoms with Crippen molar-refractivity contribution in [3.63, 3.8) is 0 Å². The fraction of sp³-hybridized carbons (Fsp3) is 0.516. The van der Waals surface area contributed by atoms with Gasteiger partial charge < -0.3 is 42.4 Å². The van der Waals surface area contributed by atoms with Crippen molar-refractivity contribution in [2.75, 3.05) is 38.0 Å². The number of fused-ring (bicyclic) bond motifs is 1. The number of hydrogen-bond acceptors (Lipinski definition) is 8. The second-order valence-corrected chi connectivity index (χ2v) is 10.4. The molecule has 2 aromatic carbocycles. The van der Waals surface area contributed by atoms with E-state index >= 15 is 0 Å². The molecule has 15 heteroatoms. The number of carbonyl (C=O) groups excluding carboxylic acids is 3. The van der Waals surface area contributed by atoms with Crippen LogP contribution in [0.3, 0.4) is 0 Å². The van der Waals surface area contributed by atoms with E-state index in [0.717, 1.165) is 28.7 Å². The lowest BCUT2D eigenvalue weighted by atomic mass is 9.78. The smallest absolute Gasteiger partial charge is 0.423 e. The first kappa shape index (κ1) is 42.5. The van der Waals surface area contributed by atoms with Crippen LogP contribution < -0.4 is 33.3 Å². The monoisotopic (exact) mass is 654 g/mol. The van der Waals surface area contributed by atoms with E-state index in [0.29, 0.717) is 51.2 Å². The second kappa shape index (κ2) is 21.3. The van der Waals surface area contributed by atoms with Crippen molar-refractivity contribution in [1.82, 2.24) is 10.2 Å². The highest BCUT2D eigenvalue weighted by Gasteiger charge is 2.40. The Morgan fingerprint density at radius 1 is 1.09 bits per heavy atom. The number of alkyl halides is 3. The fourth-order valence-corrected chi connectivity index (χ4v) is 4.15. The van der Waals surface area contributed by atoms with Gasteiger partial charge in [-0.1, -0.05) is 37.6 Å². The maximum atomic E-state index is 11.9. The van der Waals surface area contributed by atoms with Crippen molar-refractivity contribution in [2.24, 2.45) is 17.2 Å². The number of anilines is 1. The molecule has 1 unspecified atom stereocenters. The molecule has 1 heterocycles. The number of rotatable bonds is 11. The van der Waals surface area contributed by atoms with Crippen LogP contribution in [0, 0.1) is 6.92 Å². The number of hydrogen-bond donors (Lipinski definition) is 6. The minimum Gasteiger partial charge on any atom is -0.423 e. The Hall–Kier alpha value is -3.50. The molecule has 9 N–H and O–H groups in total. The summed E-state index contributed by atoms with van der Waals surface area (Å²) >= 11 is 0. The summed E-state index contributed by atoms with van der Waals surface area (Å²) < 4.78 is 41.2. The van der Waals surface area contributed by atoms with E-state index in [2.05, 4.69) is 10.6 Å². The van der Waals surface area contributed by atoms with Gasteiger partial charge in [-0.15, -0.1) is 0 Å². The third-order valence-electron chi connectivity index (χ3n) is 6.49. The van der Waals surface area contributed by atoms with Gasteiger partial charge in [0.2, 0.25) is 18.2 Å². The van der Waals surface area contributed by atoms with Crippen molar-refractivity contribution in [3.05, 3.63) is 59.2 Å². The van der Waals surface area contributed by atoms with Gasteiger partial charge in [-0.2, -0.15) is 13.2 Å². The van der Waals surface area contributed by atoms with Crippen molar-refractivity contribution >= 4 is 36.5 Å². The lowest BCUT2D eigenvalue weighted by Crippen LogP contribution is -2.43. The summed E-state index contributed by atoms with van der Waals surface area (Å²) in [7, 11) is -0.875. The summed E-state index contributed by atoms with van der Waals surface area (Å²) in [6.07, 6.45) is -3.02. The van der Waals surface area contributed by atoms with Crippen LogP contribution in [0.1, 0.15) is 64.2 Å². The summed E-state index contributed by atoms with van der Waals surface area (Å²) in [5, 5.41) is 14.8. The van der Waals surface area contributed by atoms with Crippen LogP contribution in [-0.2, 0) is 30.8 Å². The standard InChI is InChI=1S/C11H25N5O2.C10H12BNO3.C8H7F3.C2H6/c1-2-15-11(18)9(14)3-4-10(17)16(7-5-12)8-6-13;1-10(2)8-5-7(12-6-13)3-4-9(8)11(14)15-10;1-6-2-4-7(5-3-6)8(9,10)11;1-2/h9H,2-8,12-14H2,1H3,(H,15,18);3-6,14H,1-2H3,(H,12,13);2-5H,1H3;1-2H3. The highest BCUT2D eigenvalue weighted by Crippen LogP contribution is 2.31. The maximum absolute atomic E-state index is 11.9. The Morgan fingerprint density at radius 2 is 1.65 bits per heavy atom. The average molecular weight is 655 g/mol. The third-order valence-corrected chi connectivity index (χ3v) is 6.49. The molecule has 1 aliphatic rings. The fourth-order valence-electron chi connectivity index (χ4n) is 4.15. The van der Waals surface area contributed by atoms with E-state index in [4.69, 9.17) is 21.9 Å². The average Bonchev–Trinajstić information content (AvgIpc) is 3.24. The number of carbonyl (C=O) groups is 3. The summed E-state index contributed by atoms with van der Waals surface area (Å²) in [5.41, 5.74) is 18.6. The van der Waals surface area contributed by atoms with E-state index in [-0.39, 0.29) is 18.2 Å². The van der Waals surface area contributed by atoms with Crippen molar-refractivity contribution in [3.8, 4) is 0 Å². The zero-order chi connectivity index (χ0) is 35.5. The quantitative estimate of drug-likeness (QED) is 0.157. The van der Waals surface area contributed by atoms with Gasteiger partial charge in [0.1, 0.15) is 0 Å². The van der Waals surface area contributed by atoms with Gasteiger partial charge in [0, 0.05) is 44.8 Å². The van der Waals surface area contributed by atoms with Gasteiger partial charge >= 0.3 is 13.3 Å². The summed E-state index contributed by atoms with van der Waals surface area (Å²) in [6, 6.07) is 9.73. The topological polar surface area (TPSA) is 186 Å². The molecule has 0 saturated heterocycles. The van der Waals surface area contributed by atoms with E-state index in [1.165, 1.54) is 12.1 Å². The zero-order valence-corrected chi connectivity index (χ0v) is 27.6. The van der Waals surface area contributed by atoms with E-state index in [1.54, 1.807) is 24.0 Å². The van der Waals surface area contributed by atoms with Crippen LogP contribution in [0.5, 0.6) is 0 Å². The number of aryl methyl sites for hydroxylation is 1. The molecule has 0 spiro atoms. The van der Waals surface area contributed by atoms with Crippen LogP contribution in [0.2, 0.25) is 0 Å². The largest absolute Gasteiger partial charge is 0.492 e. The highest BCUT2D eigenvalue weighted by atomic mass is 19.4. The number of halogens is 3. The molecule has 0 saturated carbocycles. The van der Waals surface area contributed by atoms with Crippen LogP contribution in [0.4, 0.5) is 18.9 Å². The first-order valence-electron chi connectivity index (χ1n) is 15.2. The van der Waals surface area contributed by atoms with Gasteiger partial charge in [0.15, 0.2) is 0 Å². The molecule has 1 atom stereocenters. The Bertz CT molecular complexity index is 1200. The normalized spacial score (nSPS) is 13.3. The van der Waals surface area contributed by atoms with Crippen LogP contribution in [0.15, 0.2) is 42.5 Å². The number of amides is 3. The van der Waals surface area contributed by atoms with Crippen molar-refractivity contribution in [1.29, 1.82) is 0 Å². The summed E-state index contributed by atoms with van der Waals surface area (Å²) in [4.78, 5) is 35.1. The molecule has 1 aliphatic heterocycles. The molecule has 0 fully saturated rings. The van der Waals surface area contributed by atoms with Crippen LogP contribution >= 0.6 is 0 Å². The summed E-state index contributed by atoms with van der Waals surface area (Å²) in [6.45, 7) is 13.6. The van der Waals surface area contributed by atoms with Gasteiger partial charge in [0.05, 0.1) is 17.2 Å². The molecule has 0 bridgehead atoms. The number of benzene rings is 2. The molecule has 258 valence electrons. The summed E-state index contributed by atoms with van der Waals surface area (Å²) in [5.74, 6) is -0.292. The van der Waals surface area contributed by atoms with Crippen molar-refractivity contribution < 1.29 is 37.2 Å². The number of nitrogens with one attached hydrogen (secondary N) is 2. The minimum absolute atomic E-state index is 0.0642. The van der Waals surface area contributed by atoms with Gasteiger partial charge in [-0.3, -0.25) is 14.4 Å². The highest BCUT2D eigenvalue weighted by molar-refractivity contribution is 6.62. The molecule has 0 aromatic heterocycles. The second-order valence-electron chi connectivity index (χ2n) is 10.4. The first-order valence-corrected chi connectivity index (χ1v) is 15.2. The lowest BCUT2D eigenvalue weighted by Gasteiger charge is -2.21. The number of nitrogens with zero attached hydrogens (tertiary/aromatic N) is 1. The molecular weight excluding hydrogens is 604 g/mol. The lowest BCUT2D eigenvalue weighted by molar-refractivity contribution is -0.137. The Kier molecular flexibility index (Phi) is 19.7. The number of likely N-dealkylation sites (N-methyl/N-ethyl adjacent to an activating group) is 1. The van der Waals surface area contributed by atoms with Gasteiger partial charge in [-0.25, -0.2) is 0 Å². The molecule has 11 nitrogen and oxygen atoms in total. The van der Waals surface area contributed by atoms with E-state index in [9.17, 15) is 32.6 Å². The van der Waals surface area contributed by atoms with Crippen LogP contribution in [-0.4, -0.2) is 74.0 Å². The molecule has 46 heavy (non-hydrogen) atoms. The first-order chi connectivity index (χ1) is 21.6. The number of nitrogens with two attached hydrogens (primary N) is 3. The van der Waals surface area contributed by atoms with E-state index in [1.807, 2.05) is 40.7 Å². The molecule has 2 aromatic rings. The molecule has 3 rings (SSSR count). The van der Waals surface area contributed by atoms with Crippen molar-refractivity contribution in [2.45, 2.75) is 72.2 Å². The zero-order valence-electron chi connectivity index (χ0n) is 27.6. The molecule has 0 aliphatic carbocycles. The predicted molar refractivity (Wildman–Crippen MR) is 176 cm³/mol. The molecular formula is C31H50BF3N6O5. The van der Waals surface area contributed by atoms with Crippen LogP contribution in [0.25, 0.3) is 0 Å². The predicted octanol–water partition coefficient (Wildman–Crippen LogP) is 2.22. The third kappa shape index (κ3) is 14.7. The molecule has 3 amide bonds. The maximum Gasteiger partial charge on any atom is 0.492 e. The Balaban J connectivity index is 0.000000657. The molecule has 0 radical (unpaired) electrons. The van der Waals surface area contributed by atoms with E-state index < -0.39 is 30.5 Å². The van der Waals surface area contributed by atoms with Gasteiger partial charge in [0.25, 0.3) is 0 Å². The Labute approximate surface area is 270 Å².